The molecule has 8 aromatic rings. The Kier molecular flexibility index (Phi) is 4.81. The van der Waals surface area contributed by atoms with Crippen LogP contribution in [-0.4, -0.2) is 24.1 Å². The minimum absolute atomic E-state index is 0.142. The number of nitrogens with zero attached hydrogens (tertiary/aromatic N) is 5. The van der Waals surface area contributed by atoms with Gasteiger partial charge in [-0.2, -0.15) is 15.0 Å². The lowest BCUT2D eigenvalue weighted by atomic mass is 10.0. The molecule has 184 valence electrons. The highest BCUT2D eigenvalue weighted by Gasteiger charge is 2.19. The lowest BCUT2D eigenvalue weighted by Gasteiger charge is -2.10. The highest BCUT2D eigenvalue weighted by atomic mass is 35.5. The summed E-state index contributed by atoms with van der Waals surface area (Å²) in [6, 6.07) is 41.8. The lowest BCUT2D eigenvalue weighted by molar-refractivity contribution is 0.887. The normalized spacial score (nSPS) is 11.7. The van der Waals surface area contributed by atoms with Crippen LogP contribution in [0.3, 0.4) is 0 Å². The molecule has 5 nitrogen and oxygen atoms in total. The molecule has 0 atom stereocenters. The van der Waals surface area contributed by atoms with Crippen molar-refractivity contribution in [2.45, 2.75) is 0 Å². The molecule has 39 heavy (non-hydrogen) atoms. The Morgan fingerprint density at radius 1 is 0.410 bits per heavy atom. The fraction of sp³-hybridized carbons (Fsp3) is 0. The van der Waals surface area contributed by atoms with E-state index in [1.54, 1.807) is 0 Å². The van der Waals surface area contributed by atoms with Crippen molar-refractivity contribution >= 4 is 55.2 Å². The van der Waals surface area contributed by atoms with Gasteiger partial charge >= 0.3 is 0 Å². The number of aromatic nitrogens is 5. The van der Waals surface area contributed by atoms with E-state index in [1.807, 2.05) is 36.4 Å². The zero-order valence-electron chi connectivity index (χ0n) is 20.7. The molecular weight excluding hydrogens is 502 g/mol. The van der Waals surface area contributed by atoms with E-state index < -0.39 is 0 Å². The zero-order chi connectivity index (χ0) is 25.9. The Hall–Kier alpha value is -5.00. The smallest absolute Gasteiger partial charge is 0.240 e. The maximum atomic E-state index is 6.60. The zero-order valence-corrected chi connectivity index (χ0v) is 21.4. The first kappa shape index (κ1) is 22.0. The van der Waals surface area contributed by atoms with Crippen LogP contribution in [0.4, 0.5) is 0 Å². The van der Waals surface area contributed by atoms with Crippen LogP contribution < -0.4 is 0 Å². The molecule has 3 heterocycles. The summed E-state index contributed by atoms with van der Waals surface area (Å²) in [6.45, 7) is 0. The Labute approximate surface area is 228 Å². The third-order valence-electron chi connectivity index (χ3n) is 7.34. The first-order valence-electron chi connectivity index (χ1n) is 12.8. The van der Waals surface area contributed by atoms with E-state index in [4.69, 9.17) is 16.6 Å². The largest absolute Gasteiger partial charge is 0.278 e. The number of hydrogen-bond donors (Lipinski definition) is 0. The van der Waals surface area contributed by atoms with Gasteiger partial charge in [0.2, 0.25) is 17.2 Å². The van der Waals surface area contributed by atoms with Gasteiger partial charge in [-0.05, 0) is 53.1 Å². The van der Waals surface area contributed by atoms with Crippen molar-refractivity contribution in [3.8, 4) is 23.0 Å². The van der Waals surface area contributed by atoms with E-state index in [0.717, 1.165) is 49.2 Å². The SMILES string of the molecule is Clc1nc(-n2c3ccccc3c3ccccc32)nc(-n2c3ccccc3c3cc(-c4ccccc4)ccc32)n1. The maximum Gasteiger partial charge on any atom is 0.240 e. The summed E-state index contributed by atoms with van der Waals surface area (Å²) < 4.78 is 4.13. The molecule has 0 N–H and O–H groups in total. The van der Waals surface area contributed by atoms with Crippen LogP contribution >= 0.6 is 11.6 Å². The van der Waals surface area contributed by atoms with Gasteiger partial charge in [-0.1, -0.05) is 91.0 Å². The number of halogens is 1. The minimum Gasteiger partial charge on any atom is -0.278 e. The topological polar surface area (TPSA) is 48.5 Å². The summed E-state index contributed by atoms with van der Waals surface area (Å²) in [5.74, 6) is 0.958. The van der Waals surface area contributed by atoms with Gasteiger partial charge in [-0.25, -0.2) is 0 Å². The lowest BCUT2D eigenvalue weighted by Crippen LogP contribution is -2.08. The highest BCUT2D eigenvalue weighted by Crippen LogP contribution is 2.35. The molecule has 0 radical (unpaired) electrons. The van der Waals surface area contributed by atoms with E-state index in [1.165, 1.54) is 5.56 Å². The summed E-state index contributed by atoms with van der Waals surface area (Å²) in [5, 5.41) is 4.67. The summed E-state index contributed by atoms with van der Waals surface area (Å²) in [6.07, 6.45) is 0. The average Bonchev–Trinajstić information content (AvgIpc) is 3.50. The van der Waals surface area contributed by atoms with Crippen molar-refractivity contribution in [1.82, 2.24) is 24.1 Å². The number of fused-ring (bicyclic) bond motifs is 6. The van der Waals surface area contributed by atoms with Crippen LogP contribution in [0.25, 0.3) is 66.6 Å². The van der Waals surface area contributed by atoms with Crippen LogP contribution in [0.2, 0.25) is 5.28 Å². The summed E-state index contributed by atoms with van der Waals surface area (Å²) >= 11 is 6.60. The quantitative estimate of drug-likeness (QED) is 0.234. The van der Waals surface area contributed by atoms with Gasteiger partial charge in [0.25, 0.3) is 0 Å². The summed E-state index contributed by atoms with van der Waals surface area (Å²) in [4.78, 5) is 14.2. The molecule has 0 aliphatic rings. The van der Waals surface area contributed by atoms with Gasteiger partial charge < -0.3 is 0 Å². The Morgan fingerprint density at radius 3 is 1.44 bits per heavy atom. The Bertz CT molecular complexity index is 2140. The average molecular weight is 522 g/mol. The van der Waals surface area contributed by atoms with Gasteiger partial charge in [-0.15, -0.1) is 0 Å². The number of para-hydroxylation sites is 3. The first-order chi connectivity index (χ1) is 19.3. The van der Waals surface area contributed by atoms with Crippen molar-refractivity contribution in [2.75, 3.05) is 0 Å². The van der Waals surface area contributed by atoms with Gasteiger partial charge in [0, 0.05) is 21.5 Å². The fourth-order valence-corrected chi connectivity index (χ4v) is 5.82. The van der Waals surface area contributed by atoms with Gasteiger partial charge in [-0.3, -0.25) is 9.13 Å². The van der Waals surface area contributed by atoms with Gasteiger partial charge in [0.15, 0.2) is 0 Å². The van der Waals surface area contributed by atoms with Gasteiger partial charge in [0.05, 0.1) is 22.1 Å². The second kappa shape index (κ2) is 8.51. The fourth-order valence-electron chi connectivity index (χ4n) is 5.67. The molecule has 0 unspecified atom stereocenters. The standard InChI is InChI=1S/C33H20ClN5/c34-31-35-32(38-27-15-7-4-12-23(27)24-13-5-8-16-28(24)38)37-33(36-31)39-29-17-9-6-14-25(29)26-20-22(18-19-30(26)39)21-10-2-1-3-11-21/h1-20H. The molecule has 8 rings (SSSR count). The predicted octanol–water partition coefficient (Wildman–Crippen LogP) is 8.39. The number of hydrogen-bond acceptors (Lipinski definition) is 3. The predicted molar refractivity (Wildman–Crippen MR) is 159 cm³/mol. The minimum atomic E-state index is 0.142. The van der Waals surface area contributed by atoms with E-state index in [9.17, 15) is 0 Å². The molecule has 6 heteroatoms. The Balaban J connectivity index is 1.41. The molecule has 0 saturated heterocycles. The molecule has 0 fully saturated rings. The van der Waals surface area contributed by atoms with Crippen LogP contribution in [0.5, 0.6) is 0 Å². The molecular formula is C33H20ClN5. The van der Waals surface area contributed by atoms with Crippen molar-refractivity contribution in [3.05, 3.63) is 127 Å². The van der Waals surface area contributed by atoms with Crippen LogP contribution in [-0.2, 0) is 0 Å². The van der Waals surface area contributed by atoms with E-state index >= 15 is 0 Å². The van der Waals surface area contributed by atoms with Crippen LogP contribution in [0, 0.1) is 0 Å². The monoisotopic (exact) mass is 521 g/mol. The molecule has 3 aromatic heterocycles. The van der Waals surface area contributed by atoms with E-state index in [0.29, 0.717) is 11.9 Å². The van der Waals surface area contributed by atoms with Crippen LogP contribution in [0.15, 0.2) is 121 Å². The third kappa shape index (κ3) is 3.37. The molecule has 0 aliphatic carbocycles. The third-order valence-corrected chi connectivity index (χ3v) is 7.51. The Morgan fingerprint density at radius 2 is 0.872 bits per heavy atom. The second-order valence-electron chi connectivity index (χ2n) is 9.52. The highest BCUT2D eigenvalue weighted by molar-refractivity contribution is 6.28. The number of benzene rings is 5. The van der Waals surface area contributed by atoms with E-state index in [-0.39, 0.29) is 5.28 Å². The summed E-state index contributed by atoms with van der Waals surface area (Å²) in [5.41, 5.74) is 6.38. The molecule has 5 aromatic carbocycles. The number of rotatable bonds is 3. The second-order valence-corrected chi connectivity index (χ2v) is 9.86. The molecule has 0 bridgehead atoms. The molecule has 0 spiro atoms. The maximum absolute atomic E-state index is 6.60. The van der Waals surface area contributed by atoms with Crippen molar-refractivity contribution in [2.24, 2.45) is 0 Å². The van der Waals surface area contributed by atoms with Gasteiger partial charge in [0.1, 0.15) is 0 Å². The van der Waals surface area contributed by atoms with Crippen molar-refractivity contribution in [3.63, 3.8) is 0 Å². The summed E-state index contributed by atoms with van der Waals surface area (Å²) in [7, 11) is 0. The molecule has 0 amide bonds. The molecule has 0 aliphatic heterocycles. The van der Waals surface area contributed by atoms with Crippen molar-refractivity contribution in [1.29, 1.82) is 0 Å². The van der Waals surface area contributed by atoms with Crippen LogP contribution in [0.1, 0.15) is 0 Å². The van der Waals surface area contributed by atoms with Crippen molar-refractivity contribution < 1.29 is 0 Å². The molecule has 0 saturated carbocycles. The first-order valence-corrected chi connectivity index (χ1v) is 13.1. The van der Waals surface area contributed by atoms with E-state index in [2.05, 4.69) is 104 Å².